The van der Waals surface area contributed by atoms with Gasteiger partial charge in [-0.05, 0) is 68.7 Å². The van der Waals surface area contributed by atoms with Crippen LogP contribution in [0.4, 0.5) is 11.6 Å². The zero-order valence-corrected chi connectivity index (χ0v) is 28.3. The molecule has 0 bridgehead atoms. The number of piperidine rings is 1. The van der Waals surface area contributed by atoms with Crippen LogP contribution in [-0.4, -0.2) is 55.3 Å². The molecule has 2 aromatic carbocycles. The van der Waals surface area contributed by atoms with Gasteiger partial charge in [0.2, 0.25) is 0 Å². The van der Waals surface area contributed by atoms with E-state index in [1.807, 2.05) is 26.8 Å². The molecule has 6 rings (SSSR count). The van der Waals surface area contributed by atoms with E-state index in [0.29, 0.717) is 44.8 Å². The van der Waals surface area contributed by atoms with Crippen molar-refractivity contribution in [1.82, 2.24) is 24.2 Å². The molecule has 3 heterocycles. The highest BCUT2D eigenvalue weighted by molar-refractivity contribution is 7.99. The molecule has 0 saturated carbocycles. The van der Waals surface area contributed by atoms with E-state index >= 15 is 0 Å². The Kier molecular flexibility index (Phi) is 8.97. The van der Waals surface area contributed by atoms with Gasteiger partial charge in [-0.2, -0.15) is 0 Å². The molecule has 0 amide bonds. The maximum atomic E-state index is 13.2. The van der Waals surface area contributed by atoms with Gasteiger partial charge in [0.25, 0.3) is 5.56 Å². The van der Waals surface area contributed by atoms with Crippen molar-refractivity contribution in [2.24, 2.45) is 5.41 Å². The van der Waals surface area contributed by atoms with Gasteiger partial charge in [0, 0.05) is 25.1 Å². The number of methoxy groups -OCH3 is 1. The summed E-state index contributed by atoms with van der Waals surface area (Å²) in [5.41, 5.74) is 9.29. The molecule has 4 aromatic rings. The number of nitrogens with zero attached hydrogens (tertiary/aromatic N) is 5. The fraction of sp³-hybridized carbons (Fsp3) is 0.438. The second-order valence-corrected chi connectivity index (χ2v) is 16.1. The predicted molar refractivity (Wildman–Crippen MR) is 181 cm³/mol. The number of anilines is 2. The summed E-state index contributed by atoms with van der Waals surface area (Å²) in [5.74, 6) is 1.02. The van der Waals surface area contributed by atoms with Crippen LogP contribution >= 0.6 is 23.4 Å². The van der Waals surface area contributed by atoms with E-state index in [4.69, 9.17) is 27.1 Å². The summed E-state index contributed by atoms with van der Waals surface area (Å²) in [6.07, 6.45) is 6.05. The number of nitrogen functional groups attached to an aromatic ring is 1. The van der Waals surface area contributed by atoms with Gasteiger partial charge < -0.3 is 15.4 Å². The number of fused-ring (bicyclic) bond motifs is 2. The van der Waals surface area contributed by atoms with Crippen molar-refractivity contribution >= 4 is 56.9 Å². The lowest BCUT2D eigenvalue weighted by Crippen LogP contribution is -2.48. The fourth-order valence-corrected chi connectivity index (χ4v) is 8.33. The van der Waals surface area contributed by atoms with Crippen LogP contribution < -0.4 is 20.9 Å². The highest BCUT2D eigenvalue weighted by Crippen LogP contribution is 2.52. The van der Waals surface area contributed by atoms with Crippen LogP contribution in [0, 0.1) is 5.41 Å². The lowest BCUT2D eigenvalue weighted by Gasteiger charge is -2.44. The molecular formula is C32H38ClN7O3S2. The van der Waals surface area contributed by atoms with Crippen LogP contribution in [0.25, 0.3) is 10.9 Å². The lowest BCUT2D eigenvalue weighted by atomic mass is 9.73. The normalized spacial score (nSPS) is 18.4. The van der Waals surface area contributed by atoms with Crippen molar-refractivity contribution < 1.29 is 8.95 Å². The maximum absolute atomic E-state index is 13.2. The van der Waals surface area contributed by atoms with E-state index in [-0.39, 0.29) is 21.8 Å². The van der Waals surface area contributed by atoms with Gasteiger partial charge >= 0.3 is 0 Å². The summed E-state index contributed by atoms with van der Waals surface area (Å²) < 4.78 is 23.0. The van der Waals surface area contributed by atoms with Gasteiger partial charge in [-0.1, -0.05) is 47.6 Å². The Balaban J connectivity index is 1.19. The average molecular weight is 668 g/mol. The van der Waals surface area contributed by atoms with Gasteiger partial charge in [0.15, 0.2) is 5.82 Å². The molecule has 3 N–H and O–H groups in total. The Morgan fingerprint density at radius 1 is 1.18 bits per heavy atom. The van der Waals surface area contributed by atoms with E-state index in [2.05, 4.69) is 43.9 Å². The van der Waals surface area contributed by atoms with Crippen LogP contribution in [0.5, 0.6) is 0 Å². The standard InChI is InChI=1S/C32H38ClN7O3S2/c1-31(2,3)45(42)38-27-21-8-6-5-7-20(21)17-32(27)11-13-39(14-12-32)24-18-35-29(28(34)37-24)44-23-10-9-22-25(26(23)33)30(41)40(19-36-22)15-16-43-4/h5-10,18-19,27,38H,11-17H2,1-4H3,(H2,34,37)/t27-,45-/m1/s1. The molecule has 2 aromatic heterocycles. The number of halogens is 1. The molecule has 10 nitrogen and oxygen atoms in total. The summed E-state index contributed by atoms with van der Waals surface area (Å²) >= 11 is 8.01. The number of rotatable bonds is 8. The summed E-state index contributed by atoms with van der Waals surface area (Å²) in [4.78, 5) is 29.8. The minimum atomic E-state index is -1.18. The van der Waals surface area contributed by atoms with Crippen molar-refractivity contribution in [1.29, 1.82) is 0 Å². The number of ether oxygens (including phenoxy) is 1. The number of benzene rings is 2. The van der Waals surface area contributed by atoms with Crippen molar-refractivity contribution in [3.05, 3.63) is 75.4 Å². The van der Waals surface area contributed by atoms with E-state index in [0.717, 1.165) is 38.2 Å². The zero-order valence-electron chi connectivity index (χ0n) is 25.9. The van der Waals surface area contributed by atoms with Crippen molar-refractivity contribution in [2.45, 2.75) is 67.3 Å². The van der Waals surface area contributed by atoms with E-state index in [1.54, 1.807) is 19.4 Å². The molecule has 13 heteroatoms. The van der Waals surface area contributed by atoms with Crippen molar-refractivity contribution in [2.75, 3.05) is 37.4 Å². The first-order valence-electron chi connectivity index (χ1n) is 15.0. The number of hydrogen-bond donors (Lipinski definition) is 2. The summed E-state index contributed by atoms with van der Waals surface area (Å²) in [5, 5.41) is 1.16. The molecule has 1 saturated heterocycles. The zero-order chi connectivity index (χ0) is 31.9. The summed E-state index contributed by atoms with van der Waals surface area (Å²) in [6, 6.07) is 12.1. The molecule has 1 spiro atoms. The van der Waals surface area contributed by atoms with Crippen LogP contribution in [0.1, 0.15) is 50.8 Å². The number of nitrogens with two attached hydrogens (primary N) is 1. The van der Waals surface area contributed by atoms with Crippen molar-refractivity contribution in [3.8, 4) is 0 Å². The largest absolute Gasteiger partial charge is 0.383 e. The molecule has 45 heavy (non-hydrogen) atoms. The third kappa shape index (κ3) is 6.23. The van der Waals surface area contributed by atoms with E-state index in [9.17, 15) is 9.00 Å². The molecule has 0 unspecified atom stereocenters. The van der Waals surface area contributed by atoms with Gasteiger partial charge in [-0.15, -0.1) is 0 Å². The lowest BCUT2D eigenvalue weighted by molar-refractivity contribution is 0.177. The second-order valence-electron chi connectivity index (χ2n) is 12.7. The van der Waals surface area contributed by atoms with Crippen LogP contribution in [0.2, 0.25) is 5.02 Å². The monoisotopic (exact) mass is 667 g/mol. The Morgan fingerprint density at radius 2 is 1.93 bits per heavy atom. The third-order valence-corrected chi connectivity index (χ3v) is 11.9. The van der Waals surface area contributed by atoms with Crippen LogP contribution in [0.15, 0.2) is 63.6 Å². The second kappa shape index (κ2) is 12.6. The van der Waals surface area contributed by atoms with Gasteiger partial charge in [-0.25, -0.2) is 23.9 Å². The molecule has 2 atom stereocenters. The molecular weight excluding hydrogens is 630 g/mol. The van der Waals surface area contributed by atoms with Gasteiger partial charge in [0.1, 0.15) is 10.8 Å². The first-order valence-corrected chi connectivity index (χ1v) is 17.3. The summed E-state index contributed by atoms with van der Waals surface area (Å²) in [6.45, 7) is 8.35. The fourth-order valence-electron chi connectivity index (χ4n) is 6.24. The molecule has 238 valence electrons. The quantitative estimate of drug-likeness (QED) is 0.262. The first-order chi connectivity index (χ1) is 21.5. The SMILES string of the molecule is COCCn1cnc2ccc(Sc3ncc(N4CCC5(CC4)Cc4ccccc4[C@H]5N[S@](=O)C(C)(C)C)nc3N)c(Cl)c2c1=O. The Morgan fingerprint density at radius 3 is 2.64 bits per heavy atom. The number of nitrogens with one attached hydrogen (secondary N) is 1. The third-order valence-electron chi connectivity index (χ3n) is 8.78. The maximum Gasteiger partial charge on any atom is 0.262 e. The predicted octanol–water partition coefficient (Wildman–Crippen LogP) is 5.16. The number of hydrogen-bond acceptors (Lipinski definition) is 9. The Bertz CT molecular complexity index is 1820. The average Bonchev–Trinajstić information content (AvgIpc) is 3.30. The minimum absolute atomic E-state index is 0.0248. The number of aromatic nitrogens is 4. The molecule has 1 aliphatic carbocycles. The van der Waals surface area contributed by atoms with Crippen LogP contribution in [0.3, 0.4) is 0 Å². The highest BCUT2D eigenvalue weighted by atomic mass is 35.5. The van der Waals surface area contributed by atoms with Crippen LogP contribution in [-0.2, 0) is 28.7 Å². The molecule has 1 fully saturated rings. The Hall–Kier alpha value is -3.03. The molecule has 0 radical (unpaired) electrons. The van der Waals surface area contributed by atoms with Gasteiger partial charge in [-0.3, -0.25) is 9.36 Å². The van der Waals surface area contributed by atoms with E-state index < -0.39 is 11.0 Å². The topological polar surface area (TPSA) is 128 Å². The Labute approximate surface area is 274 Å². The molecule has 2 aliphatic rings. The summed E-state index contributed by atoms with van der Waals surface area (Å²) in [7, 11) is 0.399. The first kappa shape index (κ1) is 31.9. The van der Waals surface area contributed by atoms with Gasteiger partial charge in [0.05, 0.1) is 63.4 Å². The smallest absolute Gasteiger partial charge is 0.262 e. The highest BCUT2D eigenvalue weighted by Gasteiger charge is 2.48. The minimum Gasteiger partial charge on any atom is -0.383 e. The molecule has 1 aliphatic heterocycles. The van der Waals surface area contributed by atoms with E-state index in [1.165, 1.54) is 33.8 Å². The van der Waals surface area contributed by atoms with Crippen molar-refractivity contribution in [3.63, 3.8) is 0 Å².